The molecule has 0 N–H and O–H groups in total. The summed E-state index contributed by atoms with van der Waals surface area (Å²) < 4.78 is 22.4. The van der Waals surface area contributed by atoms with E-state index >= 15 is 0 Å². The molecule has 2 aliphatic heterocycles. The summed E-state index contributed by atoms with van der Waals surface area (Å²) in [4.78, 5) is 6.31. The Morgan fingerprint density at radius 3 is 2.69 bits per heavy atom. The summed E-state index contributed by atoms with van der Waals surface area (Å²) in [5.41, 5.74) is 0. The van der Waals surface area contributed by atoms with Crippen molar-refractivity contribution in [1.29, 1.82) is 0 Å². The highest BCUT2D eigenvalue weighted by molar-refractivity contribution is 8.15. The molecule has 74 valence electrons. The number of rotatable bonds is 0. The van der Waals surface area contributed by atoms with E-state index in [-0.39, 0.29) is 17.0 Å². The van der Waals surface area contributed by atoms with E-state index in [1.54, 1.807) is 11.8 Å². The maximum absolute atomic E-state index is 11.2. The molecule has 1 fully saturated rings. The normalized spacial score (nSPS) is 35.7. The molecular formula is C7H12N2O2S2. The van der Waals surface area contributed by atoms with E-state index in [2.05, 4.69) is 4.99 Å². The van der Waals surface area contributed by atoms with Crippen molar-refractivity contribution in [2.45, 2.75) is 11.3 Å². The minimum absolute atomic E-state index is 0.00685. The van der Waals surface area contributed by atoms with Gasteiger partial charge in [-0.2, -0.15) is 0 Å². The number of aliphatic imine (C=N–C) groups is 1. The largest absolute Gasteiger partial charge is 0.358 e. The van der Waals surface area contributed by atoms with Gasteiger partial charge in [-0.15, -0.1) is 0 Å². The van der Waals surface area contributed by atoms with Gasteiger partial charge in [0.2, 0.25) is 0 Å². The fourth-order valence-electron chi connectivity index (χ4n) is 1.56. The summed E-state index contributed by atoms with van der Waals surface area (Å²) in [7, 11) is 1.06. The van der Waals surface area contributed by atoms with E-state index in [9.17, 15) is 8.42 Å². The van der Waals surface area contributed by atoms with Crippen molar-refractivity contribution >= 4 is 26.8 Å². The molecule has 0 bridgehead atoms. The smallest absolute Gasteiger partial charge is 0.159 e. The lowest BCUT2D eigenvalue weighted by atomic mass is 10.3. The number of amidine groups is 1. The third-order valence-corrected chi connectivity index (χ3v) is 5.58. The zero-order chi connectivity index (χ0) is 9.64. The summed E-state index contributed by atoms with van der Waals surface area (Å²) in [6.07, 6.45) is 0. The lowest BCUT2D eigenvalue weighted by Gasteiger charge is -2.11. The van der Waals surface area contributed by atoms with Crippen molar-refractivity contribution in [1.82, 2.24) is 4.90 Å². The number of hydrogen-bond donors (Lipinski definition) is 0. The van der Waals surface area contributed by atoms with Gasteiger partial charge in [0.15, 0.2) is 15.0 Å². The summed E-state index contributed by atoms with van der Waals surface area (Å²) in [5, 5.41) is 1.13. The van der Waals surface area contributed by atoms with Crippen LogP contribution < -0.4 is 0 Å². The zero-order valence-electron chi connectivity index (χ0n) is 7.60. The molecule has 0 aromatic carbocycles. The van der Waals surface area contributed by atoms with Crippen LogP contribution in [-0.4, -0.2) is 55.4 Å². The Balaban J connectivity index is 2.17. The molecule has 0 aromatic rings. The number of sulfone groups is 1. The fourth-order valence-corrected chi connectivity index (χ4v) is 5.25. The summed E-state index contributed by atoms with van der Waals surface area (Å²) in [6.45, 7) is 0. The van der Waals surface area contributed by atoms with Crippen LogP contribution in [0.15, 0.2) is 4.99 Å². The first-order valence-corrected chi connectivity index (χ1v) is 6.80. The average molecular weight is 220 g/mol. The third-order valence-electron chi connectivity index (χ3n) is 2.19. The van der Waals surface area contributed by atoms with Gasteiger partial charge in [-0.1, -0.05) is 11.8 Å². The van der Waals surface area contributed by atoms with Crippen molar-refractivity contribution in [3.8, 4) is 0 Å². The standard InChI is InChI=1S/C7H12N2O2S2/c1-9(2)7-8-5-3-13(10,11)4-6(5)12-7/h5-6H,3-4H2,1-2H3/t5-,6-/m0/s1. The van der Waals surface area contributed by atoms with E-state index in [0.29, 0.717) is 5.75 Å². The van der Waals surface area contributed by atoms with Gasteiger partial charge in [0, 0.05) is 19.3 Å². The predicted octanol–water partition coefficient (Wildman–Crippen LogP) is -0.184. The molecule has 0 radical (unpaired) electrons. The molecule has 2 rings (SSSR count). The van der Waals surface area contributed by atoms with Crippen LogP contribution in [0.25, 0.3) is 0 Å². The maximum atomic E-state index is 11.2. The second-order valence-corrected chi connectivity index (χ2v) is 6.97. The number of nitrogens with zero attached hydrogens (tertiary/aromatic N) is 2. The molecule has 0 aliphatic carbocycles. The van der Waals surface area contributed by atoms with Gasteiger partial charge in [-0.05, 0) is 0 Å². The van der Waals surface area contributed by atoms with Gasteiger partial charge in [-0.3, -0.25) is 4.99 Å². The third kappa shape index (κ3) is 1.69. The Kier molecular flexibility index (Phi) is 2.07. The first-order valence-electron chi connectivity index (χ1n) is 4.10. The minimum Gasteiger partial charge on any atom is -0.358 e. The van der Waals surface area contributed by atoms with Crippen LogP contribution in [0.5, 0.6) is 0 Å². The molecular weight excluding hydrogens is 208 g/mol. The molecule has 0 amide bonds. The minimum atomic E-state index is -2.80. The van der Waals surface area contributed by atoms with Gasteiger partial charge in [0.05, 0.1) is 17.5 Å². The van der Waals surface area contributed by atoms with Crippen LogP contribution in [-0.2, 0) is 9.84 Å². The average Bonchev–Trinajstić information content (AvgIpc) is 2.39. The summed E-state index contributed by atoms with van der Waals surface area (Å²) in [5.74, 6) is 0.533. The molecule has 1 saturated heterocycles. The van der Waals surface area contributed by atoms with E-state index in [1.807, 2.05) is 19.0 Å². The Bertz CT molecular complexity index is 348. The molecule has 0 saturated carbocycles. The van der Waals surface area contributed by atoms with Crippen molar-refractivity contribution in [3.63, 3.8) is 0 Å². The first-order chi connectivity index (χ1) is 5.98. The number of thioether (sulfide) groups is 1. The molecule has 0 aromatic heterocycles. The molecule has 2 atom stereocenters. The highest BCUT2D eigenvalue weighted by atomic mass is 32.2. The van der Waals surface area contributed by atoms with Crippen molar-refractivity contribution < 1.29 is 8.42 Å². The van der Waals surface area contributed by atoms with Gasteiger partial charge >= 0.3 is 0 Å². The lowest BCUT2D eigenvalue weighted by Crippen LogP contribution is -2.18. The molecule has 4 nitrogen and oxygen atoms in total. The molecule has 0 spiro atoms. The first kappa shape index (κ1) is 9.33. The van der Waals surface area contributed by atoms with E-state index in [1.165, 1.54) is 0 Å². The molecule has 0 unspecified atom stereocenters. The fraction of sp³-hybridized carbons (Fsp3) is 0.857. The Labute approximate surface area is 82.3 Å². The van der Waals surface area contributed by atoms with Crippen LogP contribution in [0.2, 0.25) is 0 Å². The Hall–Kier alpha value is -0.230. The Morgan fingerprint density at radius 1 is 1.46 bits per heavy atom. The van der Waals surface area contributed by atoms with Crippen LogP contribution in [0.3, 0.4) is 0 Å². The van der Waals surface area contributed by atoms with E-state index in [0.717, 1.165) is 5.17 Å². The van der Waals surface area contributed by atoms with Crippen LogP contribution in [0.1, 0.15) is 0 Å². The zero-order valence-corrected chi connectivity index (χ0v) is 9.23. The van der Waals surface area contributed by atoms with E-state index < -0.39 is 9.84 Å². The predicted molar refractivity (Wildman–Crippen MR) is 54.9 cm³/mol. The molecule has 2 aliphatic rings. The molecule has 6 heteroatoms. The summed E-state index contributed by atoms with van der Waals surface area (Å²) in [6, 6.07) is 0.00685. The van der Waals surface area contributed by atoms with Crippen molar-refractivity contribution in [2.24, 2.45) is 4.99 Å². The van der Waals surface area contributed by atoms with Gasteiger partial charge < -0.3 is 4.90 Å². The maximum Gasteiger partial charge on any atom is 0.159 e. The molecule has 13 heavy (non-hydrogen) atoms. The highest BCUT2D eigenvalue weighted by Gasteiger charge is 2.42. The number of fused-ring (bicyclic) bond motifs is 1. The van der Waals surface area contributed by atoms with Crippen LogP contribution >= 0.6 is 11.8 Å². The second kappa shape index (κ2) is 2.88. The monoisotopic (exact) mass is 220 g/mol. The van der Waals surface area contributed by atoms with Gasteiger partial charge in [0.1, 0.15) is 0 Å². The SMILES string of the molecule is CN(C)C1=N[C@H]2CS(=O)(=O)C[C@@H]2S1. The highest BCUT2D eigenvalue weighted by Crippen LogP contribution is 2.34. The van der Waals surface area contributed by atoms with Crippen molar-refractivity contribution in [2.75, 3.05) is 25.6 Å². The van der Waals surface area contributed by atoms with Gasteiger partial charge in [-0.25, -0.2) is 8.42 Å². The van der Waals surface area contributed by atoms with Crippen LogP contribution in [0, 0.1) is 0 Å². The summed E-state index contributed by atoms with van der Waals surface area (Å²) >= 11 is 1.59. The van der Waals surface area contributed by atoms with Crippen molar-refractivity contribution in [3.05, 3.63) is 0 Å². The van der Waals surface area contributed by atoms with E-state index in [4.69, 9.17) is 0 Å². The lowest BCUT2D eigenvalue weighted by molar-refractivity contribution is 0.600. The van der Waals surface area contributed by atoms with Crippen LogP contribution in [0.4, 0.5) is 0 Å². The Morgan fingerprint density at radius 2 is 2.15 bits per heavy atom. The molecule has 2 heterocycles. The quantitative estimate of drug-likeness (QED) is 0.568. The topological polar surface area (TPSA) is 49.7 Å². The van der Waals surface area contributed by atoms with Gasteiger partial charge in [0.25, 0.3) is 0 Å². The number of hydrogen-bond acceptors (Lipinski definition) is 5. The second-order valence-electron chi connectivity index (χ2n) is 3.61.